The predicted molar refractivity (Wildman–Crippen MR) is 67.1 cm³/mol. The van der Waals surface area contributed by atoms with Crippen LogP contribution in [0.2, 0.25) is 0 Å². The Morgan fingerprint density at radius 1 is 1.00 bits per heavy atom. The van der Waals surface area contributed by atoms with Crippen LogP contribution in [0.4, 0.5) is 8.78 Å². The lowest BCUT2D eigenvalue weighted by Gasteiger charge is -2.06. The molecule has 2 aromatic carbocycles. The number of aromatic nitrogens is 2. The van der Waals surface area contributed by atoms with Crippen LogP contribution in [-0.4, -0.2) is 9.55 Å². The fraction of sp³-hybridized carbons (Fsp3) is 0.0714. The van der Waals surface area contributed by atoms with Gasteiger partial charge < -0.3 is 4.74 Å². The minimum absolute atomic E-state index is 0.144. The summed E-state index contributed by atoms with van der Waals surface area (Å²) in [6.07, 6.45) is 0. The molecule has 0 saturated carbocycles. The molecule has 0 aliphatic carbocycles. The molecular formula is C14H10F2N2O. The Balaban J connectivity index is 2.09. The van der Waals surface area contributed by atoms with E-state index in [4.69, 9.17) is 4.74 Å². The maximum atomic E-state index is 13.5. The topological polar surface area (TPSA) is 27.1 Å². The zero-order valence-corrected chi connectivity index (χ0v) is 10.1. The smallest absolute Gasteiger partial charge is 0.302 e. The molecule has 0 aliphatic rings. The molecule has 1 aromatic heterocycles. The van der Waals surface area contributed by atoms with E-state index in [0.717, 1.165) is 17.6 Å². The van der Waals surface area contributed by atoms with Gasteiger partial charge in [-0.2, -0.15) is 4.98 Å². The number of rotatable bonds is 2. The molecule has 19 heavy (non-hydrogen) atoms. The summed E-state index contributed by atoms with van der Waals surface area (Å²) < 4.78 is 33.9. The maximum absolute atomic E-state index is 13.5. The van der Waals surface area contributed by atoms with Crippen molar-refractivity contribution in [2.45, 2.75) is 0 Å². The quantitative estimate of drug-likeness (QED) is 0.703. The number of para-hydroxylation sites is 3. The lowest BCUT2D eigenvalue weighted by molar-refractivity contribution is 0.373. The third-order valence-corrected chi connectivity index (χ3v) is 2.86. The molecule has 96 valence electrons. The van der Waals surface area contributed by atoms with Gasteiger partial charge in [0.1, 0.15) is 0 Å². The van der Waals surface area contributed by atoms with Crippen LogP contribution in [0.5, 0.6) is 11.8 Å². The average Bonchev–Trinajstić information content (AvgIpc) is 2.72. The van der Waals surface area contributed by atoms with Crippen molar-refractivity contribution in [1.29, 1.82) is 0 Å². The first-order chi connectivity index (χ1) is 9.16. The molecule has 3 rings (SSSR count). The Bertz CT molecular complexity index is 732. The average molecular weight is 260 g/mol. The van der Waals surface area contributed by atoms with Crippen LogP contribution in [0.25, 0.3) is 11.0 Å². The number of benzene rings is 2. The lowest BCUT2D eigenvalue weighted by Crippen LogP contribution is -1.98. The predicted octanol–water partition coefficient (Wildman–Crippen LogP) is 3.64. The fourth-order valence-electron chi connectivity index (χ4n) is 1.89. The third kappa shape index (κ3) is 1.93. The number of fused-ring (bicyclic) bond motifs is 1. The fourth-order valence-corrected chi connectivity index (χ4v) is 1.89. The van der Waals surface area contributed by atoms with E-state index in [1.54, 1.807) is 17.7 Å². The van der Waals surface area contributed by atoms with Crippen LogP contribution < -0.4 is 4.74 Å². The first-order valence-electron chi connectivity index (χ1n) is 5.70. The van der Waals surface area contributed by atoms with Gasteiger partial charge in [0.15, 0.2) is 11.6 Å². The molecule has 3 aromatic rings. The van der Waals surface area contributed by atoms with Crippen LogP contribution in [0, 0.1) is 11.6 Å². The number of imidazole rings is 1. The van der Waals surface area contributed by atoms with Crippen LogP contribution in [-0.2, 0) is 7.05 Å². The number of hydrogen-bond donors (Lipinski definition) is 0. The lowest BCUT2D eigenvalue weighted by atomic mass is 10.3. The van der Waals surface area contributed by atoms with E-state index in [-0.39, 0.29) is 6.01 Å². The van der Waals surface area contributed by atoms with E-state index in [2.05, 4.69) is 4.98 Å². The standard InChI is InChI=1S/C14H10F2N2O/c1-18-12-8-3-2-7-11(12)17-14(18)19-13-9(15)5-4-6-10(13)16/h2-8H,1H3. The molecule has 0 amide bonds. The Hall–Kier alpha value is -2.43. The molecule has 3 nitrogen and oxygen atoms in total. The van der Waals surface area contributed by atoms with E-state index in [1.165, 1.54) is 6.07 Å². The Morgan fingerprint density at radius 3 is 2.37 bits per heavy atom. The van der Waals surface area contributed by atoms with Crippen molar-refractivity contribution in [2.24, 2.45) is 7.05 Å². The summed E-state index contributed by atoms with van der Waals surface area (Å²) in [5.74, 6) is -1.96. The largest absolute Gasteiger partial charge is 0.419 e. The summed E-state index contributed by atoms with van der Waals surface area (Å²) in [6, 6.07) is 11.1. The first-order valence-corrected chi connectivity index (χ1v) is 5.70. The molecule has 0 unspecified atom stereocenters. The van der Waals surface area contributed by atoms with E-state index in [1.807, 2.05) is 18.2 Å². The summed E-state index contributed by atoms with van der Waals surface area (Å²) >= 11 is 0. The van der Waals surface area contributed by atoms with E-state index >= 15 is 0 Å². The van der Waals surface area contributed by atoms with Crippen LogP contribution >= 0.6 is 0 Å². The number of ether oxygens (including phenoxy) is 1. The van der Waals surface area contributed by atoms with Crippen molar-refractivity contribution in [1.82, 2.24) is 9.55 Å². The van der Waals surface area contributed by atoms with E-state index < -0.39 is 17.4 Å². The van der Waals surface area contributed by atoms with E-state index in [9.17, 15) is 8.78 Å². The molecule has 0 saturated heterocycles. The van der Waals surface area contributed by atoms with Gasteiger partial charge in [0.2, 0.25) is 5.75 Å². The molecule has 5 heteroatoms. The van der Waals surface area contributed by atoms with Gasteiger partial charge in [-0.25, -0.2) is 8.78 Å². The van der Waals surface area contributed by atoms with Crippen molar-refractivity contribution in [3.8, 4) is 11.8 Å². The highest BCUT2D eigenvalue weighted by atomic mass is 19.1. The molecule has 0 aliphatic heterocycles. The molecule has 0 radical (unpaired) electrons. The van der Waals surface area contributed by atoms with Gasteiger partial charge >= 0.3 is 6.01 Å². The van der Waals surface area contributed by atoms with Gasteiger partial charge in [0, 0.05) is 7.05 Å². The Morgan fingerprint density at radius 2 is 1.68 bits per heavy atom. The Labute approximate surface area is 108 Å². The van der Waals surface area contributed by atoms with Gasteiger partial charge in [0.05, 0.1) is 11.0 Å². The maximum Gasteiger partial charge on any atom is 0.302 e. The van der Waals surface area contributed by atoms with Crippen LogP contribution in [0.15, 0.2) is 42.5 Å². The first kappa shape index (κ1) is 11.6. The highest BCUT2D eigenvalue weighted by Gasteiger charge is 2.15. The van der Waals surface area contributed by atoms with Gasteiger partial charge in [-0.05, 0) is 24.3 Å². The van der Waals surface area contributed by atoms with Gasteiger partial charge in [-0.3, -0.25) is 4.57 Å². The second-order valence-corrected chi connectivity index (χ2v) is 4.09. The van der Waals surface area contributed by atoms with Crippen molar-refractivity contribution < 1.29 is 13.5 Å². The molecule has 0 fully saturated rings. The molecule has 0 bridgehead atoms. The van der Waals surface area contributed by atoms with Crippen molar-refractivity contribution in [2.75, 3.05) is 0 Å². The van der Waals surface area contributed by atoms with Crippen molar-refractivity contribution >= 4 is 11.0 Å². The zero-order valence-electron chi connectivity index (χ0n) is 10.1. The number of halogens is 2. The van der Waals surface area contributed by atoms with Crippen molar-refractivity contribution in [3.05, 3.63) is 54.1 Å². The van der Waals surface area contributed by atoms with Gasteiger partial charge in [-0.15, -0.1) is 0 Å². The minimum Gasteiger partial charge on any atom is -0.419 e. The molecule has 0 spiro atoms. The summed E-state index contributed by atoms with van der Waals surface area (Å²) in [5.41, 5.74) is 1.53. The molecule has 1 heterocycles. The van der Waals surface area contributed by atoms with Crippen LogP contribution in [0.3, 0.4) is 0 Å². The summed E-state index contributed by atoms with van der Waals surface area (Å²) in [6.45, 7) is 0. The summed E-state index contributed by atoms with van der Waals surface area (Å²) in [5, 5.41) is 0. The molecule has 0 atom stereocenters. The minimum atomic E-state index is -0.757. The normalized spacial score (nSPS) is 10.9. The van der Waals surface area contributed by atoms with Gasteiger partial charge in [-0.1, -0.05) is 18.2 Å². The number of hydrogen-bond acceptors (Lipinski definition) is 2. The number of aryl methyl sites for hydroxylation is 1. The summed E-state index contributed by atoms with van der Waals surface area (Å²) in [7, 11) is 1.73. The van der Waals surface area contributed by atoms with Crippen LogP contribution in [0.1, 0.15) is 0 Å². The van der Waals surface area contributed by atoms with E-state index in [0.29, 0.717) is 5.52 Å². The zero-order chi connectivity index (χ0) is 13.4. The van der Waals surface area contributed by atoms with Gasteiger partial charge in [0.25, 0.3) is 0 Å². The molecule has 0 N–H and O–H groups in total. The Kier molecular flexibility index (Phi) is 2.67. The summed E-state index contributed by atoms with van der Waals surface area (Å²) in [4.78, 5) is 4.20. The number of nitrogens with zero attached hydrogens (tertiary/aromatic N) is 2. The monoisotopic (exact) mass is 260 g/mol. The third-order valence-electron chi connectivity index (χ3n) is 2.86. The molecular weight excluding hydrogens is 250 g/mol. The second kappa shape index (κ2) is 4.35. The highest BCUT2D eigenvalue weighted by molar-refractivity contribution is 5.76. The second-order valence-electron chi connectivity index (χ2n) is 4.09. The highest BCUT2D eigenvalue weighted by Crippen LogP contribution is 2.28. The SMILES string of the molecule is Cn1c(Oc2c(F)cccc2F)nc2ccccc21. The van der Waals surface area contributed by atoms with Crippen molar-refractivity contribution in [3.63, 3.8) is 0 Å².